The number of esters is 1. The van der Waals surface area contributed by atoms with E-state index in [1.807, 2.05) is 6.07 Å². The third-order valence-electron chi connectivity index (χ3n) is 3.52. The highest BCUT2D eigenvalue weighted by molar-refractivity contribution is 5.96. The molecule has 1 N–H and O–H groups in total. The second-order valence-electron chi connectivity index (χ2n) is 5.38. The fourth-order valence-corrected chi connectivity index (χ4v) is 2.15. The molecule has 6 nitrogen and oxygen atoms in total. The van der Waals surface area contributed by atoms with Gasteiger partial charge in [0.1, 0.15) is 0 Å². The lowest BCUT2D eigenvalue weighted by atomic mass is 10.2. The summed E-state index contributed by atoms with van der Waals surface area (Å²) < 4.78 is 15.5. The summed E-state index contributed by atoms with van der Waals surface area (Å²) in [4.78, 5) is 23.9. The van der Waals surface area contributed by atoms with Crippen molar-refractivity contribution in [2.45, 2.75) is 13.0 Å². The van der Waals surface area contributed by atoms with E-state index in [-0.39, 0.29) is 0 Å². The molecular formula is C20H21NO5. The van der Waals surface area contributed by atoms with E-state index in [0.29, 0.717) is 17.2 Å². The standard InChI is InChI=1S/C20H21NO5/c1-14(20(23)21-16-7-5-4-6-8-16)26-19(22)12-10-15-9-11-17(24-2)18(13-15)25-3/h4-14H,1-3H3,(H,21,23)/b12-10+. The van der Waals surface area contributed by atoms with Crippen LogP contribution in [0.15, 0.2) is 54.6 Å². The number of ether oxygens (including phenoxy) is 3. The minimum Gasteiger partial charge on any atom is -0.493 e. The zero-order valence-corrected chi connectivity index (χ0v) is 14.9. The Hall–Kier alpha value is -3.28. The first-order valence-corrected chi connectivity index (χ1v) is 8.00. The van der Waals surface area contributed by atoms with Crippen molar-refractivity contribution >= 4 is 23.6 Å². The molecule has 0 fully saturated rings. The van der Waals surface area contributed by atoms with Crippen LogP contribution in [-0.2, 0) is 14.3 Å². The largest absolute Gasteiger partial charge is 0.493 e. The second-order valence-corrected chi connectivity index (χ2v) is 5.38. The Labute approximate surface area is 152 Å². The van der Waals surface area contributed by atoms with Crippen LogP contribution in [0.5, 0.6) is 11.5 Å². The number of hydrogen-bond acceptors (Lipinski definition) is 5. The Balaban J connectivity index is 1.93. The van der Waals surface area contributed by atoms with Crippen molar-refractivity contribution in [1.82, 2.24) is 0 Å². The Kier molecular flexibility index (Phi) is 6.79. The minimum atomic E-state index is -0.919. The maximum absolute atomic E-state index is 12.0. The normalized spacial score (nSPS) is 11.7. The zero-order valence-electron chi connectivity index (χ0n) is 14.9. The van der Waals surface area contributed by atoms with Crippen molar-refractivity contribution in [3.63, 3.8) is 0 Å². The van der Waals surface area contributed by atoms with Crippen molar-refractivity contribution in [2.24, 2.45) is 0 Å². The summed E-state index contributed by atoms with van der Waals surface area (Å²) in [6, 6.07) is 14.2. The summed E-state index contributed by atoms with van der Waals surface area (Å²) in [6.07, 6.45) is 1.91. The van der Waals surface area contributed by atoms with Crippen LogP contribution in [0.2, 0.25) is 0 Å². The molecule has 0 aliphatic rings. The maximum Gasteiger partial charge on any atom is 0.331 e. The molecule has 26 heavy (non-hydrogen) atoms. The van der Waals surface area contributed by atoms with Crippen molar-refractivity contribution in [3.8, 4) is 11.5 Å². The van der Waals surface area contributed by atoms with E-state index in [2.05, 4.69) is 5.32 Å². The SMILES string of the molecule is COc1ccc(/C=C/C(=O)OC(C)C(=O)Nc2ccccc2)cc1OC. The number of amides is 1. The highest BCUT2D eigenvalue weighted by atomic mass is 16.5. The van der Waals surface area contributed by atoms with Crippen molar-refractivity contribution < 1.29 is 23.8 Å². The Morgan fingerprint density at radius 1 is 1.00 bits per heavy atom. The fourth-order valence-electron chi connectivity index (χ4n) is 2.15. The van der Waals surface area contributed by atoms with E-state index in [9.17, 15) is 9.59 Å². The first-order chi connectivity index (χ1) is 12.5. The molecule has 1 atom stereocenters. The predicted octanol–water partition coefficient (Wildman–Crippen LogP) is 3.29. The second kappa shape index (κ2) is 9.27. The molecule has 0 saturated carbocycles. The van der Waals surface area contributed by atoms with Gasteiger partial charge in [0.2, 0.25) is 0 Å². The molecule has 2 rings (SSSR count). The lowest BCUT2D eigenvalue weighted by molar-refractivity contribution is -0.148. The van der Waals surface area contributed by atoms with Gasteiger partial charge in [0.05, 0.1) is 14.2 Å². The van der Waals surface area contributed by atoms with Gasteiger partial charge in [-0.15, -0.1) is 0 Å². The van der Waals surface area contributed by atoms with Gasteiger partial charge in [-0.25, -0.2) is 4.79 Å². The van der Waals surface area contributed by atoms with E-state index in [4.69, 9.17) is 14.2 Å². The van der Waals surface area contributed by atoms with Crippen LogP contribution in [0.25, 0.3) is 6.08 Å². The number of carbonyl (C=O) groups is 2. The molecule has 136 valence electrons. The summed E-state index contributed by atoms with van der Waals surface area (Å²) in [5.41, 5.74) is 1.38. The fraction of sp³-hybridized carbons (Fsp3) is 0.200. The molecule has 0 bridgehead atoms. The first kappa shape index (κ1) is 19.1. The molecule has 2 aromatic rings. The van der Waals surface area contributed by atoms with Crippen LogP contribution in [0.1, 0.15) is 12.5 Å². The zero-order chi connectivity index (χ0) is 18.9. The highest BCUT2D eigenvalue weighted by Crippen LogP contribution is 2.27. The highest BCUT2D eigenvalue weighted by Gasteiger charge is 2.16. The quantitative estimate of drug-likeness (QED) is 0.609. The topological polar surface area (TPSA) is 73.9 Å². The van der Waals surface area contributed by atoms with Crippen molar-refractivity contribution in [1.29, 1.82) is 0 Å². The van der Waals surface area contributed by atoms with Gasteiger partial charge < -0.3 is 19.5 Å². The van der Waals surface area contributed by atoms with Crippen LogP contribution < -0.4 is 14.8 Å². The van der Waals surface area contributed by atoms with Gasteiger partial charge in [0.15, 0.2) is 17.6 Å². The summed E-state index contributed by atoms with van der Waals surface area (Å²) in [5.74, 6) is 0.136. The van der Waals surface area contributed by atoms with Crippen LogP contribution >= 0.6 is 0 Å². The van der Waals surface area contributed by atoms with E-state index in [1.165, 1.54) is 20.1 Å². The lowest BCUT2D eigenvalue weighted by Gasteiger charge is -2.12. The number of para-hydroxylation sites is 1. The van der Waals surface area contributed by atoms with Gasteiger partial charge in [-0.3, -0.25) is 4.79 Å². The van der Waals surface area contributed by atoms with Crippen molar-refractivity contribution in [3.05, 3.63) is 60.2 Å². The summed E-state index contributed by atoms with van der Waals surface area (Å²) >= 11 is 0. The smallest absolute Gasteiger partial charge is 0.331 e. The van der Waals surface area contributed by atoms with Crippen molar-refractivity contribution in [2.75, 3.05) is 19.5 Å². The molecular weight excluding hydrogens is 334 g/mol. The van der Waals surface area contributed by atoms with Gasteiger partial charge in [0, 0.05) is 11.8 Å². The van der Waals surface area contributed by atoms with Crippen LogP contribution in [0.4, 0.5) is 5.69 Å². The number of hydrogen-bond donors (Lipinski definition) is 1. The third-order valence-corrected chi connectivity index (χ3v) is 3.52. The molecule has 0 spiro atoms. The van der Waals surface area contributed by atoms with Gasteiger partial charge in [0.25, 0.3) is 5.91 Å². The van der Waals surface area contributed by atoms with Gasteiger partial charge in [-0.1, -0.05) is 24.3 Å². The number of rotatable bonds is 7. The molecule has 6 heteroatoms. The number of anilines is 1. The number of carbonyl (C=O) groups excluding carboxylic acids is 2. The lowest BCUT2D eigenvalue weighted by Crippen LogP contribution is -2.29. The van der Waals surface area contributed by atoms with Crippen LogP contribution in [0.3, 0.4) is 0 Å². The van der Waals surface area contributed by atoms with Gasteiger partial charge in [-0.05, 0) is 42.8 Å². The van der Waals surface area contributed by atoms with Gasteiger partial charge >= 0.3 is 5.97 Å². The monoisotopic (exact) mass is 355 g/mol. The third kappa shape index (κ3) is 5.37. The molecule has 0 aromatic heterocycles. The molecule has 0 radical (unpaired) electrons. The summed E-state index contributed by atoms with van der Waals surface area (Å²) in [7, 11) is 3.08. The number of benzene rings is 2. The summed E-state index contributed by atoms with van der Waals surface area (Å²) in [5, 5.41) is 2.68. The molecule has 2 aromatic carbocycles. The maximum atomic E-state index is 12.0. The Morgan fingerprint density at radius 3 is 2.35 bits per heavy atom. The minimum absolute atomic E-state index is 0.399. The Morgan fingerprint density at radius 2 is 1.69 bits per heavy atom. The predicted molar refractivity (Wildman–Crippen MR) is 99.2 cm³/mol. The van der Waals surface area contributed by atoms with Gasteiger partial charge in [-0.2, -0.15) is 0 Å². The van der Waals surface area contributed by atoms with E-state index < -0.39 is 18.0 Å². The average molecular weight is 355 g/mol. The molecule has 0 heterocycles. The molecule has 0 aliphatic carbocycles. The molecule has 0 aliphatic heterocycles. The molecule has 0 saturated heterocycles. The van der Waals surface area contributed by atoms with Crippen LogP contribution in [0, 0.1) is 0 Å². The van der Waals surface area contributed by atoms with E-state index >= 15 is 0 Å². The average Bonchev–Trinajstić information content (AvgIpc) is 2.66. The van der Waals surface area contributed by atoms with Crippen LogP contribution in [-0.4, -0.2) is 32.2 Å². The Bertz CT molecular complexity index is 786. The summed E-state index contributed by atoms with van der Waals surface area (Å²) in [6.45, 7) is 1.51. The first-order valence-electron chi connectivity index (χ1n) is 8.00. The number of nitrogens with one attached hydrogen (secondary N) is 1. The van der Waals surface area contributed by atoms with E-state index in [0.717, 1.165) is 5.56 Å². The van der Waals surface area contributed by atoms with E-state index in [1.54, 1.807) is 55.7 Å². The molecule has 1 unspecified atom stereocenters. The number of methoxy groups -OCH3 is 2. The molecule has 1 amide bonds.